The van der Waals surface area contributed by atoms with Gasteiger partial charge < -0.3 is 35.7 Å². The summed E-state index contributed by atoms with van der Waals surface area (Å²) in [5, 5.41) is 0. The second-order valence-electron chi connectivity index (χ2n) is 12.9. The molecule has 0 saturated carbocycles. The van der Waals surface area contributed by atoms with Gasteiger partial charge in [-0.15, -0.1) is 0 Å². The number of carbonyl (C=O) groups is 6. The van der Waals surface area contributed by atoms with E-state index < -0.39 is 52.4 Å². The number of hydrogen-bond donors (Lipinski definition) is 0. The molecule has 0 aromatic heterocycles. The molecule has 3 rings (SSSR count). The molecule has 0 aromatic rings. The SMILES string of the molecule is [N-]=[N+]=C1C(=O)OC=C(CCCCCCCN(CCCCCCCC2=COC(=O)C(=[N+]=[N-])C2=O)CCCCCCCC2=COC(=O)C(=[N+]=[N-])C2=O)C1=O. The van der Waals surface area contributed by atoms with Crippen LogP contribution < -0.4 is 0 Å². The molecule has 16 heteroatoms. The van der Waals surface area contributed by atoms with Gasteiger partial charge in [0.1, 0.15) is 18.8 Å². The maximum absolute atomic E-state index is 12.2. The number of ether oxygens (including phenoxy) is 3. The quantitative estimate of drug-likeness (QED) is 0.0449. The molecule has 0 aromatic carbocycles. The highest BCUT2D eigenvalue weighted by atomic mass is 16.5. The third-order valence-electron chi connectivity index (χ3n) is 9.09. The molecule has 0 radical (unpaired) electrons. The summed E-state index contributed by atoms with van der Waals surface area (Å²) in [6.45, 7) is 2.89. The molecule has 278 valence electrons. The second-order valence-corrected chi connectivity index (χ2v) is 12.9. The highest BCUT2D eigenvalue weighted by molar-refractivity contribution is 6.67. The van der Waals surface area contributed by atoms with Gasteiger partial charge in [0.05, 0.1) is 0 Å². The Morgan fingerprint density at radius 3 is 0.923 bits per heavy atom. The van der Waals surface area contributed by atoms with Gasteiger partial charge in [0.2, 0.25) is 0 Å². The van der Waals surface area contributed by atoms with E-state index >= 15 is 0 Å². The fourth-order valence-electron chi connectivity index (χ4n) is 6.09. The van der Waals surface area contributed by atoms with Crippen LogP contribution in [-0.4, -0.2) is 91.3 Å². The second kappa shape index (κ2) is 22.5. The largest absolute Gasteiger partial charge is 0.446 e. The first-order chi connectivity index (χ1) is 25.2. The minimum atomic E-state index is -0.954. The number of unbranched alkanes of at least 4 members (excludes halogenated alkanes) is 12. The van der Waals surface area contributed by atoms with Crippen molar-refractivity contribution in [2.45, 2.75) is 116 Å². The van der Waals surface area contributed by atoms with Gasteiger partial charge in [0.15, 0.2) is 0 Å². The normalized spacial score (nSPS) is 16.1. The number of carbonyl (C=O) groups excluding carboxylic acids is 6. The van der Waals surface area contributed by atoms with E-state index in [1.165, 1.54) is 0 Å². The van der Waals surface area contributed by atoms with E-state index in [9.17, 15) is 28.8 Å². The number of rotatable bonds is 24. The van der Waals surface area contributed by atoms with Crippen molar-refractivity contribution < 1.29 is 57.3 Å². The summed E-state index contributed by atoms with van der Waals surface area (Å²) in [5.74, 6) is -4.65. The van der Waals surface area contributed by atoms with Crippen molar-refractivity contribution in [1.29, 1.82) is 0 Å². The molecule has 0 aliphatic carbocycles. The van der Waals surface area contributed by atoms with E-state index in [-0.39, 0.29) is 0 Å². The Morgan fingerprint density at radius 1 is 0.404 bits per heavy atom. The lowest BCUT2D eigenvalue weighted by Gasteiger charge is -2.22. The fraction of sp³-hybridized carbons (Fsp3) is 0.583. The van der Waals surface area contributed by atoms with Crippen molar-refractivity contribution in [3.63, 3.8) is 0 Å². The molecule has 0 amide bonds. The molecular weight excluding hydrogens is 674 g/mol. The van der Waals surface area contributed by atoms with Crippen LogP contribution in [0.15, 0.2) is 35.5 Å². The summed E-state index contributed by atoms with van der Waals surface area (Å²) in [4.78, 5) is 81.7. The van der Waals surface area contributed by atoms with Crippen LogP contribution in [-0.2, 0) is 43.0 Å². The molecule has 0 fully saturated rings. The van der Waals surface area contributed by atoms with Crippen LogP contribution >= 0.6 is 0 Å². The van der Waals surface area contributed by atoms with Crippen LogP contribution in [0.3, 0.4) is 0 Å². The summed E-state index contributed by atoms with van der Waals surface area (Å²) >= 11 is 0. The van der Waals surface area contributed by atoms with E-state index in [2.05, 4.69) is 19.3 Å². The standard InChI is InChI=1S/C36H45N7O9/c37-40-28-31(44)25(22-50-34(28)47)16-10-4-1-7-13-19-43(20-14-8-2-5-11-17-26-23-51-35(48)29(41-38)32(26)45)21-15-9-3-6-12-18-27-24-52-36(49)30(42-39)33(27)46/h22-24H,1-21H2. The maximum atomic E-state index is 12.2. The van der Waals surface area contributed by atoms with E-state index in [0.717, 1.165) is 135 Å². The minimum Gasteiger partial charge on any atom is -0.425 e. The van der Waals surface area contributed by atoms with Gasteiger partial charge in [0.25, 0.3) is 17.3 Å². The predicted octanol–water partition coefficient (Wildman–Crippen LogP) is 4.35. The molecule has 3 aliphatic heterocycles. The molecule has 0 spiro atoms. The van der Waals surface area contributed by atoms with E-state index in [4.69, 9.17) is 30.8 Å². The smallest absolute Gasteiger partial charge is 0.425 e. The van der Waals surface area contributed by atoms with Crippen LogP contribution in [0.2, 0.25) is 0 Å². The Labute approximate surface area is 301 Å². The van der Waals surface area contributed by atoms with E-state index in [1.807, 2.05) is 0 Å². The molecule has 0 saturated heterocycles. The maximum Gasteiger partial charge on any atom is 0.446 e. The minimum absolute atomic E-state index is 0.323. The first-order valence-corrected chi connectivity index (χ1v) is 17.9. The first kappa shape index (κ1) is 41.2. The van der Waals surface area contributed by atoms with Crippen molar-refractivity contribution in [2.75, 3.05) is 19.6 Å². The van der Waals surface area contributed by atoms with Gasteiger partial charge in [-0.3, -0.25) is 14.4 Å². The van der Waals surface area contributed by atoms with Gasteiger partial charge in [0, 0.05) is 16.7 Å². The first-order valence-electron chi connectivity index (χ1n) is 17.9. The Bertz CT molecular complexity index is 1450. The van der Waals surface area contributed by atoms with Crippen molar-refractivity contribution in [3.05, 3.63) is 52.1 Å². The molecule has 52 heavy (non-hydrogen) atoms. The average molecular weight is 720 g/mol. The third kappa shape index (κ3) is 12.8. The molecular formula is C36H45N7O9. The lowest BCUT2D eigenvalue weighted by atomic mass is 9.99. The molecule has 0 atom stereocenters. The lowest BCUT2D eigenvalue weighted by molar-refractivity contribution is -0.139. The van der Waals surface area contributed by atoms with Crippen LogP contribution in [0.1, 0.15) is 116 Å². The number of esters is 3. The number of nitrogens with zero attached hydrogens (tertiary/aromatic N) is 7. The highest BCUT2D eigenvalue weighted by Crippen LogP contribution is 2.19. The van der Waals surface area contributed by atoms with Gasteiger partial charge >= 0.3 is 35.0 Å². The number of ketones is 3. The molecule has 16 nitrogen and oxygen atoms in total. The summed E-state index contributed by atoms with van der Waals surface area (Å²) in [6.07, 6.45) is 18.8. The van der Waals surface area contributed by atoms with Crippen molar-refractivity contribution >= 4 is 52.4 Å². The zero-order valence-electron chi connectivity index (χ0n) is 29.4. The number of hydrogen-bond acceptors (Lipinski definition) is 10. The molecule has 0 N–H and O–H groups in total. The van der Waals surface area contributed by atoms with Crippen LogP contribution in [0.4, 0.5) is 0 Å². The van der Waals surface area contributed by atoms with Gasteiger partial charge in [-0.05, 0) is 77.4 Å². The van der Waals surface area contributed by atoms with Crippen molar-refractivity contribution in [1.82, 2.24) is 4.90 Å². The molecule has 3 heterocycles. The average Bonchev–Trinajstić information content (AvgIpc) is 3.13. The Kier molecular flexibility index (Phi) is 17.8. The van der Waals surface area contributed by atoms with Crippen molar-refractivity contribution in [2.24, 2.45) is 0 Å². The van der Waals surface area contributed by atoms with Gasteiger partial charge in [-0.2, -0.15) is 14.4 Å². The van der Waals surface area contributed by atoms with Crippen LogP contribution in [0.25, 0.3) is 16.6 Å². The van der Waals surface area contributed by atoms with Gasteiger partial charge in [-0.25, -0.2) is 14.4 Å². The summed E-state index contributed by atoms with van der Waals surface area (Å²) in [6, 6.07) is 0. The van der Waals surface area contributed by atoms with Crippen molar-refractivity contribution in [3.8, 4) is 0 Å². The van der Waals surface area contributed by atoms with Crippen LogP contribution in [0.5, 0.6) is 0 Å². The fourth-order valence-corrected chi connectivity index (χ4v) is 6.09. The summed E-state index contributed by atoms with van der Waals surface area (Å²) < 4.78 is 14.4. The molecule has 0 unspecified atom stereocenters. The lowest BCUT2D eigenvalue weighted by Crippen LogP contribution is -2.31. The molecule has 0 bridgehead atoms. The molecule has 3 aliphatic rings. The van der Waals surface area contributed by atoms with E-state index in [0.29, 0.717) is 36.0 Å². The Hall–Kier alpha value is -5.26. The Balaban J connectivity index is 1.34. The number of allylic oxidation sites excluding steroid dienone is 3. The zero-order valence-corrected chi connectivity index (χ0v) is 29.4. The zero-order chi connectivity index (χ0) is 37.7. The van der Waals surface area contributed by atoms with E-state index in [1.54, 1.807) is 0 Å². The third-order valence-corrected chi connectivity index (χ3v) is 9.09. The number of cyclic esters (lactones) is 3. The predicted molar refractivity (Wildman–Crippen MR) is 183 cm³/mol. The highest BCUT2D eigenvalue weighted by Gasteiger charge is 2.39. The summed E-state index contributed by atoms with van der Waals surface area (Å²) in [7, 11) is 0. The number of Topliss-reactive ketones (excluding diaryl/α,β-unsaturated/α-hetero) is 3. The topological polar surface area (TPSA) is 243 Å². The van der Waals surface area contributed by atoms with Crippen LogP contribution in [0, 0.1) is 0 Å². The Morgan fingerprint density at radius 2 is 0.654 bits per heavy atom. The van der Waals surface area contributed by atoms with Gasteiger partial charge in [-0.1, -0.05) is 57.8 Å². The monoisotopic (exact) mass is 719 g/mol. The summed E-state index contributed by atoms with van der Waals surface area (Å²) in [5.41, 5.74) is 25.8.